The molecule has 1 aliphatic heterocycles. The van der Waals surface area contributed by atoms with Crippen LogP contribution in [0.15, 0.2) is 0 Å². The van der Waals surface area contributed by atoms with E-state index >= 15 is 0 Å². The lowest BCUT2D eigenvalue weighted by atomic mass is 9.95. The van der Waals surface area contributed by atoms with Crippen LogP contribution in [-0.2, 0) is 0 Å². The van der Waals surface area contributed by atoms with Crippen LogP contribution in [0.5, 0.6) is 0 Å². The van der Waals surface area contributed by atoms with E-state index in [9.17, 15) is 0 Å². The van der Waals surface area contributed by atoms with E-state index < -0.39 is 0 Å². The largest absolute Gasteiger partial charge is 0.314 e. The molecule has 0 radical (unpaired) electrons. The van der Waals surface area contributed by atoms with Crippen LogP contribution in [0.25, 0.3) is 0 Å². The fraction of sp³-hybridized carbons (Fsp3) is 1.00. The number of nitrogens with one attached hydrogen (secondary N) is 2. The van der Waals surface area contributed by atoms with Crippen molar-refractivity contribution in [3.8, 4) is 0 Å². The Morgan fingerprint density at radius 1 is 0.938 bits per heavy atom. The third-order valence-electron chi connectivity index (χ3n) is 4.18. The third-order valence-corrected chi connectivity index (χ3v) is 4.18. The summed E-state index contributed by atoms with van der Waals surface area (Å²) in [7, 11) is 0. The van der Waals surface area contributed by atoms with Gasteiger partial charge in [0.1, 0.15) is 0 Å². The van der Waals surface area contributed by atoms with E-state index in [1.807, 2.05) is 0 Å². The maximum Gasteiger partial charge on any atom is 0.00675 e. The zero-order valence-corrected chi connectivity index (χ0v) is 10.6. The van der Waals surface area contributed by atoms with E-state index in [0.29, 0.717) is 0 Å². The van der Waals surface area contributed by atoms with Crippen LogP contribution in [0.4, 0.5) is 0 Å². The van der Waals surface area contributed by atoms with Gasteiger partial charge < -0.3 is 10.6 Å². The zero-order chi connectivity index (χ0) is 11.1. The molecular weight excluding hydrogens is 196 g/mol. The van der Waals surface area contributed by atoms with Gasteiger partial charge in [-0.1, -0.05) is 25.7 Å². The molecule has 16 heavy (non-hydrogen) atoms. The normalized spacial score (nSPS) is 28.1. The SMILES string of the molecule is C1CCC(NCCCC2CCCCN2)CC1. The van der Waals surface area contributed by atoms with Gasteiger partial charge in [0.2, 0.25) is 0 Å². The molecule has 1 atom stereocenters. The Balaban J connectivity index is 1.47. The fourth-order valence-electron chi connectivity index (χ4n) is 3.13. The highest BCUT2D eigenvalue weighted by atomic mass is 14.9. The molecule has 1 heterocycles. The smallest absolute Gasteiger partial charge is 0.00675 e. The predicted octanol–water partition coefficient (Wildman–Crippen LogP) is 2.83. The van der Waals surface area contributed by atoms with Crippen molar-refractivity contribution in [1.29, 1.82) is 0 Å². The van der Waals surface area contributed by atoms with Gasteiger partial charge in [-0.15, -0.1) is 0 Å². The van der Waals surface area contributed by atoms with Gasteiger partial charge in [-0.25, -0.2) is 0 Å². The lowest BCUT2D eigenvalue weighted by Crippen LogP contribution is -2.36. The molecule has 0 spiro atoms. The molecule has 2 rings (SSSR count). The number of hydrogen-bond acceptors (Lipinski definition) is 2. The molecular formula is C14H28N2. The summed E-state index contributed by atoms with van der Waals surface area (Å²) in [6, 6.07) is 1.66. The van der Waals surface area contributed by atoms with Gasteiger partial charge in [0.15, 0.2) is 0 Å². The van der Waals surface area contributed by atoms with Crippen molar-refractivity contribution in [2.45, 2.75) is 76.3 Å². The van der Waals surface area contributed by atoms with E-state index in [1.54, 1.807) is 0 Å². The van der Waals surface area contributed by atoms with Gasteiger partial charge in [-0.3, -0.25) is 0 Å². The molecule has 2 fully saturated rings. The molecule has 2 heteroatoms. The monoisotopic (exact) mass is 224 g/mol. The van der Waals surface area contributed by atoms with Crippen LogP contribution in [0.2, 0.25) is 0 Å². The molecule has 2 aliphatic rings. The topological polar surface area (TPSA) is 24.1 Å². The number of piperidine rings is 1. The number of rotatable bonds is 5. The van der Waals surface area contributed by atoms with Gasteiger partial charge in [-0.2, -0.15) is 0 Å². The van der Waals surface area contributed by atoms with Crippen molar-refractivity contribution in [2.24, 2.45) is 0 Å². The summed E-state index contributed by atoms with van der Waals surface area (Å²) < 4.78 is 0. The van der Waals surface area contributed by atoms with Gasteiger partial charge in [0, 0.05) is 12.1 Å². The molecule has 2 nitrogen and oxygen atoms in total. The molecule has 1 saturated carbocycles. The van der Waals surface area contributed by atoms with Crippen molar-refractivity contribution < 1.29 is 0 Å². The molecule has 94 valence electrons. The predicted molar refractivity (Wildman–Crippen MR) is 69.8 cm³/mol. The molecule has 0 aromatic heterocycles. The van der Waals surface area contributed by atoms with E-state index in [4.69, 9.17) is 0 Å². The molecule has 0 amide bonds. The van der Waals surface area contributed by atoms with Crippen LogP contribution in [-0.4, -0.2) is 25.2 Å². The van der Waals surface area contributed by atoms with E-state index in [2.05, 4.69) is 10.6 Å². The second kappa shape index (κ2) is 7.29. The highest BCUT2D eigenvalue weighted by molar-refractivity contribution is 4.74. The van der Waals surface area contributed by atoms with Gasteiger partial charge in [0.25, 0.3) is 0 Å². The van der Waals surface area contributed by atoms with Crippen molar-refractivity contribution in [1.82, 2.24) is 10.6 Å². The van der Waals surface area contributed by atoms with Crippen molar-refractivity contribution in [3.63, 3.8) is 0 Å². The molecule has 0 bridgehead atoms. The van der Waals surface area contributed by atoms with Gasteiger partial charge in [-0.05, 0) is 51.6 Å². The van der Waals surface area contributed by atoms with Crippen LogP contribution >= 0.6 is 0 Å². The highest BCUT2D eigenvalue weighted by Gasteiger charge is 2.14. The average molecular weight is 224 g/mol. The Kier molecular flexibility index (Phi) is 5.64. The summed E-state index contributed by atoms with van der Waals surface area (Å²) in [6.07, 6.45) is 14.2. The first kappa shape index (κ1) is 12.4. The minimum atomic E-state index is 0.821. The molecule has 1 aliphatic carbocycles. The molecule has 1 unspecified atom stereocenters. The fourth-order valence-corrected chi connectivity index (χ4v) is 3.13. The van der Waals surface area contributed by atoms with Crippen molar-refractivity contribution in [3.05, 3.63) is 0 Å². The second-order valence-electron chi connectivity index (χ2n) is 5.58. The summed E-state index contributed by atoms with van der Waals surface area (Å²) in [5.74, 6) is 0. The maximum atomic E-state index is 3.73. The summed E-state index contributed by atoms with van der Waals surface area (Å²) in [5.41, 5.74) is 0. The van der Waals surface area contributed by atoms with Crippen molar-refractivity contribution >= 4 is 0 Å². The standard InChI is InChI=1S/C14H28N2/c1-2-7-13(8-3-1)16-12-6-10-14-9-4-5-11-15-14/h13-16H,1-12H2. The maximum absolute atomic E-state index is 3.73. The first-order valence-corrected chi connectivity index (χ1v) is 7.42. The Hall–Kier alpha value is -0.0800. The molecule has 1 saturated heterocycles. The van der Waals surface area contributed by atoms with Crippen LogP contribution in [0.3, 0.4) is 0 Å². The number of hydrogen-bond donors (Lipinski definition) is 2. The lowest BCUT2D eigenvalue weighted by Gasteiger charge is -2.25. The second-order valence-corrected chi connectivity index (χ2v) is 5.58. The van der Waals surface area contributed by atoms with Gasteiger partial charge >= 0.3 is 0 Å². The van der Waals surface area contributed by atoms with Crippen molar-refractivity contribution in [2.75, 3.05) is 13.1 Å². The first-order chi connectivity index (χ1) is 7.95. The summed E-state index contributed by atoms with van der Waals surface area (Å²) >= 11 is 0. The summed E-state index contributed by atoms with van der Waals surface area (Å²) in [6.45, 7) is 2.49. The zero-order valence-electron chi connectivity index (χ0n) is 10.6. The Morgan fingerprint density at radius 3 is 2.50 bits per heavy atom. The average Bonchev–Trinajstić information content (AvgIpc) is 2.37. The Bertz CT molecular complexity index is 150. The Labute approximate surface area is 101 Å². The van der Waals surface area contributed by atoms with Crippen LogP contribution in [0, 0.1) is 0 Å². The van der Waals surface area contributed by atoms with Crippen LogP contribution < -0.4 is 10.6 Å². The minimum Gasteiger partial charge on any atom is -0.314 e. The lowest BCUT2D eigenvalue weighted by molar-refractivity contribution is 0.347. The van der Waals surface area contributed by atoms with E-state index in [0.717, 1.165) is 12.1 Å². The molecule has 2 N–H and O–H groups in total. The van der Waals surface area contributed by atoms with Crippen LogP contribution in [0.1, 0.15) is 64.2 Å². The molecule has 0 aromatic carbocycles. The summed E-state index contributed by atoms with van der Waals surface area (Å²) in [5, 5.41) is 7.36. The first-order valence-electron chi connectivity index (χ1n) is 7.42. The minimum absolute atomic E-state index is 0.821. The quantitative estimate of drug-likeness (QED) is 0.702. The summed E-state index contributed by atoms with van der Waals surface area (Å²) in [4.78, 5) is 0. The Morgan fingerprint density at radius 2 is 1.75 bits per heavy atom. The van der Waals surface area contributed by atoms with E-state index in [1.165, 1.54) is 77.3 Å². The molecule has 0 aromatic rings. The highest BCUT2D eigenvalue weighted by Crippen LogP contribution is 2.17. The third kappa shape index (κ3) is 4.42. The van der Waals surface area contributed by atoms with E-state index in [-0.39, 0.29) is 0 Å². The van der Waals surface area contributed by atoms with Gasteiger partial charge in [0.05, 0.1) is 0 Å².